The van der Waals surface area contributed by atoms with Gasteiger partial charge in [0.2, 0.25) is 0 Å². The molecule has 1 saturated heterocycles. The van der Waals surface area contributed by atoms with Crippen LogP contribution in [-0.2, 0) is 0 Å². The van der Waals surface area contributed by atoms with E-state index in [0.29, 0.717) is 6.04 Å². The number of nitrogens with zero attached hydrogens (tertiary/aromatic N) is 4. The van der Waals surface area contributed by atoms with Crippen molar-refractivity contribution in [1.29, 1.82) is 0 Å². The molecular weight excluding hydrogens is 296 g/mol. The Morgan fingerprint density at radius 1 is 1.12 bits per heavy atom. The van der Waals surface area contributed by atoms with Gasteiger partial charge in [0.15, 0.2) is 0 Å². The number of nitrogens with one attached hydrogen (secondary N) is 1. The van der Waals surface area contributed by atoms with E-state index in [-0.39, 0.29) is 0 Å². The zero-order chi connectivity index (χ0) is 16.4. The molecule has 4 rings (SSSR count). The molecule has 1 aliphatic rings. The monoisotopic (exact) mass is 314 g/mol. The van der Waals surface area contributed by atoms with E-state index in [2.05, 4.69) is 19.5 Å². The molecule has 0 atom stereocenters. The molecule has 0 saturated carbocycles. The lowest BCUT2D eigenvalue weighted by molar-refractivity contribution is 0.344. The zero-order valence-electron chi connectivity index (χ0n) is 13.5. The van der Waals surface area contributed by atoms with Gasteiger partial charge in [-0.1, -0.05) is 12.1 Å². The van der Waals surface area contributed by atoms with Gasteiger partial charge in [-0.15, -0.1) is 0 Å². The van der Waals surface area contributed by atoms with E-state index in [1.54, 1.807) is 7.31 Å². The fourth-order valence-electron chi connectivity index (χ4n) is 3.18. The molecule has 0 aromatic carbocycles. The van der Waals surface area contributed by atoms with Crippen LogP contribution >= 0.6 is 0 Å². The van der Waals surface area contributed by atoms with E-state index in [0.717, 1.165) is 48.8 Å². The van der Waals surface area contributed by atoms with Crippen molar-refractivity contribution in [2.24, 2.45) is 0 Å². The van der Waals surface area contributed by atoms with Crippen molar-refractivity contribution in [3.05, 3.63) is 48.8 Å². The Hall–Kier alpha value is -2.27. The minimum atomic E-state index is 0.436. The molecule has 0 amide bonds. The Labute approximate surface area is 143 Å². The van der Waals surface area contributed by atoms with Gasteiger partial charge in [-0.05, 0) is 50.2 Å². The molecule has 0 bridgehead atoms. The van der Waals surface area contributed by atoms with Gasteiger partial charge in [0.1, 0.15) is 18.8 Å². The molecule has 5 nitrogen and oxygen atoms in total. The van der Waals surface area contributed by atoms with Crippen molar-refractivity contribution in [2.45, 2.75) is 18.9 Å². The predicted octanol–water partition coefficient (Wildman–Crippen LogP) is 1.98. The van der Waals surface area contributed by atoms with E-state index < -0.39 is 0 Å². The second-order valence-electron chi connectivity index (χ2n) is 6.08. The molecular formula is C17H18B2N5. The molecule has 0 unspecified atom stereocenters. The van der Waals surface area contributed by atoms with E-state index >= 15 is 0 Å². The zero-order valence-corrected chi connectivity index (χ0v) is 13.5. The number of pyridine rings is 2. The molecule has 7 heteroatoms. The van der Waals surface area contributed by atoms with Crippen LogP contribution in [0.3, 0.4) is 0 Å². The highest BCUT2D eigenvalue weighted by Crippen LogP contribution is 2.21. The fourth-order valence-corrected chi connectivity index (χ4v) is 3.18. The number of imidazole rings is 1. The molecule has 3 aromatic rings. The summed E-state index contributed by atoms with van der Waals surface area (Å²) < 4.78 is 2.06. The second kappa shape index (κ2) is 6.69. The van der Waals surface area contributed by atoms with Crippen LogP contribution in [0.4, 0.5) is 5.82 Å². The molecule has 1 aliphatic heterocycles. The summed E-state index contributed by atoms with van der Waals surface area (Å²) in [6.45, 7) is 1.97. The number of hydrogen-bond donors (Lipinski definition) is 1. The number of anilines is 1. The van der Waals surface area contributed by atoms with Crippen molar-refractivity contribution in [1.82, 2.24) is 19.2 Å². The minimum Gasteiger partial charge on any atom is -0.367 e. The third kappa shape index (κ3) is 3.04. The topological polar surface area (TPSA) is 45.5 Å². The summed E-state index contributed by atoms with van der Waals surface area (Å²) in [5.74, 6) is 0.911. The van der Waals surface area contributed by atoms with Crippen LogP contribution in [0.15, 0.2) is 48.8 Å². The SMILES string of the molecule is [B][B]N1CCC(Nc2cccc(-c3cnc4ccccn34)n2)CC1. The Kier molecular flexibility index (Phi) is 4.26. The molecule has 4 heterocycles. The number of rotatable bonds is 4. The summed E-state index contributed by atoms with van der Waals surface area (Å²) in [5, 5.41) is 3.55. The predicted molar refractivity (Wildman–Crippen MR) is 98.1 cm³/mol. The van der Waals surface area contributed by atoms with Gasteiger partial charge in [0.25, 0.3) is 0 Å². The van der Waals surface area contributed by atoms with Gasteiger partial charge in [-0.3, -0.25) is 4.40 Å². The van der Waals surface area contributed by atoms with E-state index in [4.69, 9.17) is 12.7 Å². The van der Waals surface area contributed by atoms with Crippen molar-refractivity contribution in [2.75, 3.05) is 18.4 Å². The first-order chi connectivity index (χ1) is 11.8. The Morgan fingerprint density at radius 3 is 2.83 bits per heavy atom. The number of fused-ring (bicyclic) bond motifs is 1. The van der Waals surface area contributed by atoms with E-state index in [1.165, 1.54) is 0 Å². The van der Waals surface area contributed by atoms with Crippen LogP contribution in [0, 0.1) is 0 Å². The smallest absolute Gasteiger partial charge is 0.148 e. The third-order valence-corrected chi connectivity index (χ3v) is 4.52. The largest absolute Gasteiger partial charge is 0.367 e. The lowest BCUT2D eigenvalue weighted by atomic mass is 9.64. The number of hydrogen-bond acceptors (Lipinski definition) is 4. The summed E-state index contributed by atoms with van der Waals surface area (Å²) in [5.41, 5.74) is 2.85. The summed E-state index contributed by atoms with van der Waals surface area (Å²) in [6, 6.07) is 12.5. The Morgan fingerprint density at radius 2 is 2.00 bits per heavy atom. The highest BCUT2D eigenvalue weighted by Gasteiger charge is 2.18. The Bertz CT molecular complexity index is 826. The Balaban J connectivity index is 1.54. The maximum atomic E-state index is 5.58. The maximum absolute atomic E-state index is 5.58. The van der Waals surface area contributed by atoms with Crippen molar-refractivity contribution >= 4 is 26.5 Å². The number of aromatic nitrogens is 3. The highest BCUT2D eigenvalue weighted by atomic mass is 15.1. The average molecular weight is 314 g/mol. The lowest BCUT2D eigenvalue weighted by Gasteiger charge is -2.32. The van der Waals surface area contributed by atoms with Gasteiger partial charge in [0.05, 0.1) is 17.6 Å². The van der Waals surface area contributed by atoms with Gasteiger partial charge in [-0.2, -0.15) is 0 Å². The molecule has 3 aromatic heterocycles. The highest BCUT2D eigenvalue weighted by molar-refractivity contribution is 6.87. The van der Waals surface area contributed by atoms with Gasteiger partial charge < -0.3 is 10.1 Å². The summed E-state index contributed by atoms with van der Waals surface area (Å²) in [6.07, 6.45) is 6.01. The second-order valence-corrected chi connectivity index (χ2v) is 6.08. The fraction of sp³-hybridized carbons (Fsp3) is 0.294. The van der Waals surface area contributed by atoms with E-state index in [9.17, 15) is 0 Å². The van der Waals surface area contributed by atoms with Crippen LogP contribution in [0.2, 0.25) is 0 Å². The standard InChI is InChI=1S/C17H18B2N5/c18-19-23-10-7-13(8-11-23)21-16-5-3-4-14(22-16)15-12-20-17-6-1-2-9-24(15)17/h1-6,9,12-13H,7-8,10-11H2,(H,21,22). The molecule has 0 spiro atoms. The molecule has 0 aliphatic carbocycles. The van der Waals surface area contributed by atoms with Crippen LogP contribution in [0.25, 0.3) is 17.0 Å². The van der Waals surface area contributed by atoms with Gasteiger partial charge >= 0.3 is 0 Å². The van der Waals surface area contributed by atoms with Crippen LogP contribution in [0.1, 0.15) is 12.8 Å². The van der Waals surface area contributed by atoms with Gasteiger partial charge in [-0.25, -0.2) is 9.97 Å². The first kappa shape index (κ1) is 15.3. The molecule has 1 N–H and O–H groups in total. The minimum absolute atomic E-state index is 0.436. The summed E-state index contributed by atoms with van der Waals surface area (Å²) in [7, 11) is 7.26. The van der Waals surface area contributed by atoms with Crippen LogP contribution < -0.4 is 5.32 Å². The maximum Gasteiger partial charge on any atom is 0.148 e. The summed E-state index contributed by atoms with van der Waals surface area (Å²) >= 11 is 0. The average Bonchev–Trinajstić information content (AvgIpc) is 3.07. The van der Waals surface area contributed by atoms with Crippen LogP contribution in [-0.4, -0.2) is 53.4 Å². The molecule has 3 radical (unpaired) electrons. The van der Waals surface area contributed by atoms with Crippen LogP contribution in [0.5, 0.6) is 0 Å². The number of piperidine rings is 1. The molecule has 1 fully saturated rings. The molecule has 117 valence electrons. The third-order valence-electron chi connectivity index (χ3n) is 4.52. The van der Waals surface area contributed by atoms with E-state index in [1.807, 2.05) is 48.8 Å². The van der Waals surface area contributed by atoms with Gasteiger partial charge in [0, 0.05) is 20.0 Å². The quantitative estimate of drug-likeness (QED) is 0.748. The summed E-state index contributed by atoms with van der Waals surface area (Å²) in [4.78, 5) is 11.4. The van der Waals surface area contributed by atoms with Crippen molar-refractivity contribution < 1.29 is 0 Å². The molecule has 24 heavy (non-hydrogen) atoms. The first-order valence-corrected chi connectivity index (χ1v) is 8.28. The first-order valence-electron chi connectivity index (χ1n) is 8.28. The normalized spacial score (nSPS) is 16.3. The van der Waals surface area contributed by atoms with Crippen molar-refractivity contribution in [3.63, 3.8) is 0 Å². The van der Waals surface area contributed by atoms with Crippen molar-refractivity contribution in [3.8, 4) is 11.4 Å². The lowest BCUT2D eigenvalue weighted by Crippen LogP contribution is -2.41.